The van der Waals surface area contributed by atoms with Gasteiger partial charge in [0.05, 0.1) is 17.6 Å². The van der Waals surface area contributed by atoms with E-state index in [0.717, 1.165) is 12.1 Å². The minimum atomic E-state index is -0.916. The highest BCUT2D eigenvalue weighted by Crippen LogP contribution is 2.08. The zero-order valence-corrected chi connectivity index (χ0v) is 10.1. The first-order valence-electron chi connectivity index (χ1n) is 5.23. The molecular weight excluding hydrogens is 258 g/mol. The molecule has 1 aromatic heterocycles. The third-order valence-corrected chi connectivity index (χ3v) is 2.93. The summed E-state index contributed by atoms with van der Waals surface area (Å²) in [5, 5.41) is 4.41. The lowest BCUT2D eigenvalue weighted by Gasteiger charge is -2.04. The molecule has 18 heavy (non-hydrogen) atoms. The van der Waals surface area contributed by atoms with Gasteiger partial charge in [-0.25, -0.2) is 13.8 Å². The molecule has 0 aliphatic heterocycles. The van der Waals surface area contributed by atoms with Crippen molar-refractivity contribution in [1.82, 2.24) is 10.3 Å². The van der Waals surface area contributed by atoms with E-state index in [4.69, 9.17) is 0 Å². The number of amides is 1. The standard InChI is InChI=1S/C12H10F2N2OS/c13-10-2-1-8(3-11(10)14)5-15-12(17)4-9-6-18-7-16-9/h1-3,6-7H,4-5H2,(H,15,17). The molecule has 0 unspecified atom stereocenters. The van der Waals surface area contributed by atoms with Gasteiger partial charge in [0.1, 0.15) is 0 Å². The molecule has 0 saturated heterocycles. The minimum absolute atomic E-state index is 0.167. The Morgan fingerprint density at radius 3 is 2.83 bits per heavy atom. The molecule has 0 spiro atoms. The van der Waals surface area contributed by atoms with Gasteiger partial charge in [-0.2, -0.15) is 0 Å². The number of benzene rings is 1. The van der Waals surface area contributed by atoms with Crippen LogP contribution in [0.2, 0.25) is 0 Å². The molecule has 2 aromatic rings. The molecule has 1 heterocycles. The van der Waals surface area contributed by atoms with Crippen LogP contribution in [0, 0.1) is 11.6 Å². The Morgan fingerprint density at radius 1 is 1.33 bits per heavy atom. The lowest BCUT2D eigenvalue weighted by atomic mass is 10.2. The normalized spacial score (nSPS) is 10.3. The first-order valence-corrected chi connectivity index (χ1v) is 6.17. The van der Waals surface area contributed by atoms with E-state index in [2.05, 4.69) is 10.3 Å². The van der Waals surface area contributed by atoms with Gasteiger partial charge >= 0.3 is 0 Å². The number of halogens is 2. The highest BCUT2D eigenvalue weighted by Gasteiger charge is 2.06. The summed E-state index contributed by atoms with van der Waals surface area (Å²) in [6.07, 6.45) is 0.188. The largest absolute Gasteiger partial charge is 0.352 e. The van der Waals surface area contributed by atoms with Crippen LogP contribution in [0.4, 0.5) is 8.78 Å². The number of carbonyl (C=O) groups is 1. The van der Waals surface area contributed by atoms with Gasteiger partial charge in [-0.15, -0.1) is 11.3 Å². The van der Waals surface area contributed by atoms with Crippen molar-refractivity contribution in [1.29, 1.82) is 0 Å². The van der Waals surface area contributed by atoms with Crippen molar-refractivity contribution >= 4 is 17.2 Å². The molecule has 0 fully saturated rings. The molecule has 0 aliphatic rings. The number of nitrogens with zero attached hydrogens (tertiary/aromatic N) is 1. The quantitative estimate of drug-likeness (QED) is 0.924. The molecule has 6 heteroatoms. The molecular formula is C12H10F2N2OS. The number of nitrogens with one attached hydrogen (secondary N) is 1. The van der Waals surface area contributed by atoms with E-state index in [1.165, 1.54) is 17.4 Å². The Labute approximate surface area is 106 Å². The Hall–Kier alpha value is -1.82. The van der Waals surface area contributed by atoms with E-state index in [0.29, 0.717) is 11.3 Å². The number of thiazole rings is 1. The van der Waals surface area contributed by atoms with Crippen LogP contribution in [0.25, 0.3) is 0 Å². The highest BCUT2D eigenvalue weighted by atomic mass is 32.1. The second kappa shape index (κ2) is 5.68. The minimum Gasteiger partial charge on any atom is -0.352 e. The van der Waals surface area contributed by atoms with Gasteiger partial charge in [-0.3, -0.25) is 4.79 Å². The molecule has 0 atom stereocenters. The van der Waals surface area contributed by atoms with Gasteiger partial charge in [0.25, 0.3) is 0 Å². The first-order chi connectivity index (χ1) is 8.65. The topological polar surface area (TPSA) is 42.0 Å². The van der Waals surface area contributed by atoms with Crippen molar-refractivity contribution in [3.63, 3.8) is 0 Å². The first kappa shape index (κ1) is 12.6. The van der Waals surface area contributed by atoms with Gasteiger partial charge in [-0.05, 0) is 17.7 Å². The van der Waals surface area contributed by atoms with Crippen LogP contribution < -0.4 is 5.32 Å². The fourth-order valence-electron chi connectivity index (χ4n) is 1.40. The summed E-state index contributed by atoms with van der Waals surface area (Å²) in [5.74, 6) is -2.01. The fraction of sp³-hybridized carbons (Fsp3) is 0.167. The summed E-state index contributed by atoms with van der Waals surface area (Å²) < 4.78 is 25.6. The summed E-state index contributed by atoms with van der Waals surface area (Å²) in [4.78, 5) is 15.5. The maximum atomic E-state index is 12.9. The van der Waals surface area contributed by atoms with Crippen LogP contribution in [-0.4, -0.2) is 10.9 Å². The Bertz CT molecular complexity index is 543. The van der Waals surface area contributed by atoms with Gasteiger partial charge in [0.2, 0.25) is 5.91 Å². The number of rotatable bonds is 4. The molecule has 3 nitrogen and oxygen atoms in total. The molecule has 0 bridgehead atoms. The molecule has 0 aliphatic carbocycles. The third kappa shape index (κ3) is 3.33. The Kier molecular flexibility index (Phi) is 3.99. The molecule has 1 N–H and O–H groups in total. The maximum absolute atomic E-state index is 12.9. The summed E-state index contributed by atoms with van der Waals surface area (Å²) in [5.41, 5.74) is 2.86. The molecule has 1 amide bonds. The van der Waals surface area contributed by atoms with E-state index in [1.54, 1.807) is 10.9 Å². The zero-order valence-electron chi connectivity index (χ0n) is 9.32. The van der Waals surface area contributed by atoms with Crippen LogP contribution in [0.15, 0.2) is 29.1 Å². The fourth-order valence-corrected chi connectivity index (χ4v) is 1.96. The number of aromatic nitrogens is 1. The van der Waals surface area contributed by atoms with Gasteiger partial charge in [0, 0.05) is 11.9 Å². The van der Waals surface area contributed by atoms with Crippen molar-refractivity contribution in [3.05, 3.63) is 52.0 Å². The zero-order chi connectivity index (χ0) is 13.0. The van der Waals surface area contributed by atoms with Crippen LogP contribution in [-0.2, 0) is 17.8 Å². The van der Waals surface area contributed by atoms with Crippen molar-refractivity contribution in [2.45, 2.75) is 13.0 Å². The van der Waals surface area contributed by atoms with E-state index >= 15 is 0 Å². The predicted molar refractivity (Wildman–Crippen MR) is 64.0 cm³/mol. The van der Waals surface area contributed by atoms with E-state index < -0.39 is 11.6 Å². The summed E-state index contributed by atoms with van der Waals surface area (Å²) >= 11 is 1.42. The third-order valence-electron chi connectivity index (χ3n) is 2.30. The monoisotopic (exact) mass is 268 g/mol. The second-order valence-corrected chi connectivity index (χ2v) is 4.40. The Balaban J connectivity index is 1.87. The average molecular weight is 268 g/mol. The SMILES string of the molecule is O=C(Cc1cscn1)NCc1ccc(F)c(F)c1. The molecule has 94 valence electrons. The summed E-state index contributed by atoms with van der Waals surface area (Å²) in [7, 11) is 0. The summed E-state index contributed by atoms with van der Waals surface area (Å²) in [6.45, 7) is 0.167. The number of hydrogen-bond donors (Lipinski definition) is 1. The Morgan fingerprint density at radius 2 is 2.17 bits per heavy atom. The van der Waals surface area contributed by atoms with Crippen LogP contribution >= 0.6 is 11.3 Å². The van der Waals surface area contributed by atoms with Crippen molar-refractivity contribution in [2.75, 3.05) is 0 Å². The summed E-state index contributed by atoms with van der Waals surface area (Å²) in [6, 6.07) is 3.54. The second-order valence-electron chi connectivity index (χ2n) is 3.68. The molecule has 0 radical (unpaired) electrons. The van der Waals surface area contributed by atoms with E-state index in [-0.39, 0.29) is 18.9 Å². The van der Waals surface area contributed by atoms with Crippen LogP contribution in [0.5, 0.6) is 0 Å². The molecule has 0 saturated carbocycles. The van der Waals surface area contributed by atoms with Crippen molar-refractivity contribution < 1.29 is 13.6 Å². The highest BCUT2D eigenvalue weighted by molar-refractivity contribution is 7.07. The van der Waals surface area contributed by atoms with E-state index in [1.807, 2.05) is 0 Å². The molecule has 1 aromatic carbocycles. The van der Waals surface area contributed by atoms with Crippen molar-refractivity contribution in [2.24, 2.45) is 0 Å². The molecule has 2 rings (SSSR count). The van der Waals surface area contributed by atoms with Crippen LogP contribution in [0.1, 0.15) is 11.3 Å². The number of carbonyl (C=O) groups excluding carboxylic acids is 1. The van der Waals surface area contributed by atoms with Gasteiger partial charge in [0.15, 0.2) is 11.6 Å². The van der Waals surface area contributed by atoms with Crippen molar-refractivity contribution in [3.8, 4) is 0 Å². The predicted octanol–water partition coefficient (Wildman–Crippen LogP) is 2.28. The van der Waals surface area contributed by atoms with Crippen LogP contribution in [0.3, 0.4) is 0 Å². The average Bonchev–Trinajstić information content (AvgIpc) is 2.83. The number of hydrogen-bond acceptors (Lipinski definition) is 3. The maximum Gasteiger partial charge on any atom is 0.226 e. The van der Waals surface area contributed by atoms with E-state index in [9.17, 15) is 13.6 Å². The smallest absolute Gasteiger partial charge is 0.226 e. The van der Waals surface area contributed by atoms with Gasteiger partial charge in [-0.1, -0.05) is 6.07 Å². The lowest BCUT2D eigenvalue weighted by Crippen LogP contribution is -2.24. The van der Waals surface area contributed by atoms with Gasteiger partial charge < -0.3 is 5.32 Å². The lowest BCUT2D eigenvalue weighted by molar-refractivity contribution is -0.120.